The Labute approximate surface area is 147 Å². The zero-order chi connectivity index (χ0) is 17.2. The predicted octanol–water partition coefficient (Wildman–Crippen LogP) is 3.20. The molecule has 5 nitrogen and oxygen atoms in total. The number of aliphatic imine (C=N–C) groups is 1. The molecule has 0 spiro atoms. The number of likely N-dealkylation sites (tertiary alicyclic amines) is 1. The fourth-order valence-electron chi connectivity index (χ4n) is 3.86. The molecule has 0 aromatic carbocycles. The van der Waals surface area contributed by atoms with Gasteiger partial charge in [0.2, 0.25) is 0 Å². The van der Waals surface area contributed by atoms with Gasteiger partial charge < -0.3 is 15.0 Å². The highest BCUT2D eigenvalue weighted by Crippen LogP contribution is 2.23. The van der Waals surface area contributed by atoms with Crippen LogP contribution < -0.4 is 5.32 Å². The van der Waals surface area contributed by atoms with Crippen LogP contribution in [0, 0.1) is 11.8 Å². The first-order valence-corrected chi connectivity index (χ1v) is 9.85. The van der Waals surface area contributed by atoms with Crippen molar-refractivity contribution < 1.29 is 9.53 Å². The molecule has 0 aromatic heterocycles. The first-order chi connectivity index (χ1) is 11.7. The van der Waals surface area contributed by atoms with Crippen molar-refractivity contribution in [3.8, 4) is 0 Å². The van der Waals surface area contributed by atoms with Crippen LogP contribution in [-0.2, 0) is 9.53 Å². The van der Waals surface area contributed by atoms with Crippen molar-refractivity contribution in [1.29, 1.82) is 0 Å². The number of guanidine groups is 1. The van der Waals surface area contributed by atoms with Gasteiger partial charge in [-0.3, -0.25) is 9.79 Å². The molecule has 5 heteroatoms. The Hall–Kier alpha value is -1.26. The molecule has 0 atom stereocenters. The van der Waals surface area contributed by atoms with E-state index in [2.05, 4.69) is 17.1 Å². The standard InChI is InChI=1S/C19H35N3O2/c1-3-20-19(21-15-16-9-7-5-4-6-8-10-16)22-13-11-17(12-14-22)18(23)24-2/h16-17H,3-15H2,1-2H3,(H,20,21). The Morgan fingerprint density at radius 1 is 1.08 bits per heavy atom. The van der Waals surface area contributed by atoms with Gasteiger partial charge in [0.25, 0.3) is 0 Å². The Morgan fingerprint density at radius 2 is 1.71 bits per heavy atom. The first kappa shape index (κ1) is 19.1. The summed E-state index contributed by atoms with van der Waals surface area (Å²) in [6, 6.07) is 0. The fourth-order valence-corrected chi connectivity index (χ4v) is 3.86. The van der Waals surface area contributed by atoms with Crippen molar-refractivity contribution >= 4 is 11.9 Å². The molecule has 0 aromatic rings. The summed E-state index contributed by atoms with van der Waals surface area (Å²) in [5, 5.41) is 3.44. The van der Waals surface area contributed by atoms with Gasteiger partial charge in [-0.05, 0) is 38.5 Å². The van der Waals surface area contributed by atoms with Crippen molar-refractivity contribution in [2.24, 2.45) is 16.8 Å². The minimum Gasteiger partial charge on any atom is -0.469 e. The fraction of sp³-hybridized carbons (Fsp3) is 0.895. The molecule has 1 saturated heterocycles. The number of nitrogens with zero attached hydrogens (tertiary/aromatic N) is 2. The zero-order valence-electron chi connectivity index (χ0n) is 15.6. The Morgan fingerprint density at radius 3 is 2.29 bits per heavy atom. The highest BCUT2D eigenvalue weighted by Gasteiger charge is 2.27. The zero-order valence-corrected chi connectivity index (χ0v) is 15.6. The molecule has 0 unspecified atom stereocenters. The lowest BCUT2D eigenvalue weighted by molar-refractivity contribution is -0.146. The van der Waals surface area contributed by atoms with Crippen molar-refractivity contribution in [2.45, 2.75) is 64.7 Å². The van der Waals surface area contributed by atoms with E-state index in [4.69, 9.17) is 9.73 Å². The van der Waals surface area contributed by atoms with Crippen LogP contribution in [0.25, 0.3) is 0 Å². The summed E-state index contributed by atoms with van der Waals surface area (Å²) in [6.45, 7) is 5.72. The molecule has 1 N–H and O–H groups in total. The second kappa shape index (κ2) is 10.6. The quantitative estimate of drug-likeness (QED) is 0.486. The van der Waals surface area contributed by atoms with E-state index in [9.17, 15) is 4.79 Å². The van der Waals surface area contributed by atoms with Crippen LogP contribution in [0.15, 0.2) is 4.99 Å². The number of methoxy groups -OCH3 is 1. The monoisotopic (exact) mass is 337 g/mol. The molecule has 2 fully saturated rings. The third kappa shape index (κ3) is 5.99. The van der Waals surface area contributed by atoms with Crippen LogP contribution in [0.4, 0.5) is 0 Å². The Balaban J connectivity index is 1.87. The van der Waals surface area contributed by atoms with Crippen LogP contribution in [0.2, 0.25) is 0 Å². The van der Waals surface area contributed by atoms with Gasteiger partial charge in [-0.2, -0.15) is 0 Å². The number of ether oxygens (including phenoxy) is 1. The second-order valence-electron chi connectivity index (χ2n) is 7.19. The lowest BCUT2D eigenvalue weighted by Crippen LogP contribution is -2.46. The van der Waals surface area contributed by atoms with Crippen molar-refractivity contribution in [1.82, 2.24) is 10.2 Å². The topological polar surface area (TPSA) is 53.9 Å². The second-order valence-corrected chi connectivity index (χ2v) is 7.19. The smallest absolute Gasteiger partial charge is 0.308 e. The number of nitrogens with one attached hydrogen (secondary N) is 1. The molecule has 24 heavy (non-hydrogen) atoms. The normalized spacial score (nSPS) is 21.9. The maximum absolute atomic E-state index is 11.7. The molecule has 1 heterocycles. The van der Waals surface area contributed by atoms with E-state index < -0.39 is 0 Å². The van der Waals surface area contributed by atoms with Gasteiger partial charge in [0.1, 0.15) is 0 Å². The van der Waals surface area contributed by atoms with Crippen molar-refractivity contribution in [2.75, 3.05) is 33.3 Å². The summed E-state index contributed by atoms with van der Waals surface area (Å²) in [5.41, 5.74) is 0. The average molecular weight is 338 g/mol. The van der Waals surface area contributed by atoms with Gasteiger partial charge in [-0.15, -0.1) is 0 Å². The summed E-state index contributed by atoms with van der Waals surface area (Å²) >= 11 is 0. The number of piperidine rings is 1. The van der Waals surface area contributed by atoms with E-state index in [1.807, 2.05) is 0 Å². The number of esters is 1. The van der Waals surface area contributed by atoms with E-state index in [1.54, 1.807) is 0 Å². The predicted molar refractivity (Wildman–Crippen MR) is 98.1 cm³/mol. The van der Waals surface area contributed by atoms with E-state index in [0.717, 1.165) is 50.9 Å². The lowest BCUT2D eigenvalue weighted by Gasteiger charge is -2.33. The van der Waals surface area contributed by atoms with Crippen molar-refractivity contribution in [3.05, 3.63) is 0 Å². The highest BCUT2D eigenvalue weighted by atomic mass is 16.5. The van der Waals surface area contributed by atoms with Crippen molar-refractivity contribution in [3.63, 3.8) is 0 Å². The molecule has 0 amide bonds. The van der Waals surface area contributed by atoms with E-state index in [1.165, 1.54) is 52.1 Å². The van der Waals surface area contributed by atoms with Gasteiger partial charge >= 0.3 is 5.97 Å². The highest BCUT2D eigenvalue weighted by molar-refractivity contribution is 5.80. The van der Waals surface area contributed by atoms with Crippen LogP contribution in [-0.4, -0.2) is 50.1 Å². The Bertz CT molecular complexity index is 395. The molecular formula is C19H35N3O2. The van der Waals surface area contributed by atoms with Crippen LogP contribution >= 0.6 is 0 Å². The number of rotatable bonds is 4. The summed E-state index contributed by atoms with van der Waals surface area (Å²) in [6.07, 6.45) is 11.3. The largest absolute Gasteiger partial charge is 0.469 e. The van der Waals surface area contributed by atoms with E-state index in [0.29, 0.717) is 0 Å². The van der Waals surface area contributed by atoms with Gasteiger partial charge in [-0.1, -0.05) is 32.1 Å². The summed E-state index contributed by atoms with van der Waals surface area (Å²) in [4.78, 5) is 18.9. The molecule has 0 radical (unpaired) electrons. The first-order valence-electron chi connectivity index (χ1n) is 9.85. The molecule has 1 saturated carbocycles. The van der Waals surface area contributed by atoms with Gasteiger partial charge in [0.05, 0.1) is 13.0 Å². The number of carbonyl (C=O) groups excluding carboxylic acids is 1. The van der Waals surface area contributed by atoms with E-state index in [-0.39, 0.29) is 11.9 Å². The van der Waals surface area contributed by atoms with Crippen LogP contribution in [0.5, 0.6) is 0 Å². The minimum absolute atomic E-state index is 0.0553. The molecule has 138 valence electrons. The Kier molecular flexibility index (Phi) is 8.40. The maximum atomic E-state index is 11.7. The minimum atomic E-state index is -0.0638. The molecule has 2 rings (SSSR count). The number of hydrogen-bond donors (Lipinski definition) is 1. The maximum Gasteiger partial charge on any atom is 0.308 e. The molecule has 0 bridgehead atoms. The average Bonchev–Trinajstić information content (AvgIpc) is 2.59. The van der Waals surface area contributed by atoms with Gasteiger partial charge in [0.15, 0.2) is 5.96 Å². The van der Waals surface area contributed by atoms with E-state index >= 15 is 0 Å². The summed E-state index contributed by atoms with van der Waals surface area (Å²) in [5.74, 6) is 1.76. The van der Waals surface area contributed by atoms with Gasteiger partial charge in [0, 0.05) is 26.2 Å². The molecule has 2 aliphatic rings. The molecular weight excluding hydrogens is 302 g/mol. The van der Waals surface area contributed by atoms with Crippen LogP contribution in [0.1, 0.15) is 64.7 Å². The molecule has 1 aliphatic carbocycles. The van der Waals surface area contributed by atoms with Crippen LogP contribution in [0.3, 0.4) is 0 Å². The van der Waals surface area contributed by atoms with Gasteiger partial charge in [-0.25, -0.2) is 0 Å². The number of hydrogen-bond acceptors (Lipinski definition) is 3. The third-order valence-electron chi connectivity index (χ3n) is 5.39. The molecule has 1 aliphatic heterocycles. The lowest BCUT2D eigenvalue weighted by atomic mass is 9.91. The SMILES string of the molecule is CCNC(=NCC1CCCCCCC1)N1CCC(C(=O)OC)CC1. The third-order valence-corrected chi connectivity index (χ3v) is 5.39. The summed E-state index contributed by atoms with van der Waals surface area (Å²) in [7, 11) is 1.48. The number of carbonyl (C=O) groups is 1. The summed E-state index contributed by atoms with van der Waals surface area (Å²) < 4.78 is 4.88.